The Kier molecular flexibility index (Phi) is 4.54. The van der Waals surface area contributed by atoms with Gasteiger partial charge in [0.2, 0.25) is 4.77 Å². The molecular weight excluding hydrogens is 349 g/mol. The second kappa shape index (κ2) is 6.64. The third-order valence-electron chi connectivity index (χ3n) is 3.52. The summed E-state index contributed by atoms with van der Waals surface area (Å²) in [6, 6.07) is 12.4. The van der Waals surface area contributed by atoms with Gasteiger partial charge in [-0.05, 0) is 36.8 Å². The molecule has 0 spiro atoms. The zero-order chi connectivity index (χ0) is 18.0. The number of alkyl halides is 3. The van der Waals surface area contributed by atoms with Gasteiger partial charge in [-0.1, -0.05) is 42.0 Å². The fourth-order valence-corrected chi connectivity index (χ4v) is 2.35. The average Bonchev–Trinajstić information content (AvgIpc) is 2.94. The van der Waals surface area contributed by atoms with Crippen molar-refractivity contribution in [2.24, 2.45) is 5.10 Å². The fourth-order valence-electron chi connectivity index (χ4n) is 2.17. The van der Waals surface area contributed by atoms with E-state index in [4.69, 9.17) is 12.2 Å². The number of nitrogens with one attached hydrogen (secondary N) is 1. The molecule has 0 aliphatic heterocycles. The number of hydrogen-bond acceptors (Lipinski definition) is 3. The smallest absolute Gasteiger partial charge is 0.250 e. The van der Waals surface area contributed by atoms with Crippen LogP contribution in [0.3, 0.4) is 0 Å². The maximum Gasteiger partial charge on any atom is 0.416 e. The molecule has 0 amide bonds. The van der Waals surface area contributed by atoms with E-state index in [0.29, 0.717) is 16.2 Å². The van der Waals surface area contributed by atoms with Crippen LogP contribution in [0.2, 0.25) is 0 Å². The van der Waals surface area contributed by atoms with E-state index >= 15 is 0 Å². The Morgan fingerprint density at radius 2 is 1.72 bits per heavy atom. The second-order valence-electron chi connectivity index (χ2n) is 5.39. The molecule has 0 aliphatic rings. The van der Waals surface area contributed by atoms with Crippen molar-refractivity contribution in [3.05, 3.63) is 70.0 Å². The van der Waals surface area contributed by atoms with Gasteiger partial charge in [-0.3, -0.25) is 0 Å². The first-order chi connectivity index (χ1) is 11.8. The zero-order valence-electron chi connectivity index (χ0n) is 13.1. The van der Waals surface area contributed by atoms with E-state index in [1.165, 1.54) is 23.0 Å². The van der Waals surface area contributed by atoms with Gasteiger partial charge in [0.05, 0.1) is 11.8 Å². The van der Waals surface area contributed by atoms with Gasteiger partial charge < -0.3 is 0 Å². The number of hydrogen-bond donors (Lipinski definition) is 1. The van der Waals surface area contributed by atoms with E-state index in [2.05, 4.69) is 15.3 Å². The molecule has 1 aromatic heterocycles. The Morgan fingerprint density at radius 3 is 2.32 bits per heavy atom. The largest absolute Gasteiger partial charge is 0.416 e. The van der Waals surface area contributed by atoms with Crippen molar-refractivity contribution < 1.29 is 13.2 Å². The van der Waals surface area contributed by atoms with E-state index in [-0.39, 0.29) is 0 Å². The molecule has 3 aromatic rings. The summed E-state index contributed by atoms with van der Waals surface area (Å²) < 4.78 is 39.5. The standard InChI is InChI=1S/C17H13F3N4S/c1-11-2-6-13(7-3-11)15-22-23-16(25)24(15)21-10-12-4-8-14(9-5-12)17(18,19)20/h2-10H,1H3,(H,23,25). The molecule has 128 valence electrons. The van der Waals surface area contributed by atoms with Crippen molar-refractivity contribution >= 4 is 18.4 Å². The van der Waals surface area contributed by atoms with Crippen molar-refractivity contribution in [2.45, 2.75) is 13.1 Å². The molecule has 0 saturated carbocycles. The maximum absolute atomic E-state index is 12.6. The van der Waals surface area contributed by atoms with E-state index in [1.807, 2.05) is 31.2 Å². The van der Waals surface area contributed by atoms with Crippen LogP contribution in [0, 0.1) is 11.7 Å². The molecule has 1 heterocycles. The highest BCUT2D eigenvalue weighted by Gasteiger charge is 2.29. The number of nitrogens with zero attached hydrogens (tertiary/aromatic N) is 3. The molecule has 0 saturated heterocycles. The normalized spacial score (nSPS) is 12.0. The van der Waals surface area contributed by atoms with Gasteiger partial charge in [-0.15, -0.1) is 0 Å². The predicted molar refractivity (Wildman–Crippen MR) is 92.0 cm³/mol. The van der Waals surface area contributed by atoms with Gasteiger partial charge in [0.25, 0.3) is 0 Å². The van der Waals surface area contributed by atoms with Gasteiger partial charge in [-0.2, -0.15) is 28.0 Å². The quantitative estimate of drug-likeness (QED) is 0.536. The molecule has 2 aromatic carbocycles. The molecule has 0 unspecified atom stereocenters. The molecule has 0 radical (unpaired) electrons. The molecule has 0 fully saturated rings. The molecule has 3 rings (SSSR count). The van der Waals surface area contributed by atoms with Crippen LogP contribution < -0.4 is 0 Å². The molecular formula is C17H13F3N4S. The Bertz CT molecular complexity index is 951. The lowest BCUT2D eigenvalue weighted by Gasteiger charge is -2.06. The minimum atomic E-state index is -4.36. The van der Waals surface area contributed by atoms with Crippen molar-refractivity contribution in [1.29, 1.82) is 0 Å². The third-order valence-corrected chi connectivity index (χ3v) is 3.78. The molecule has 25 heavy (non-hydrogen) atoms. The van der Waals surface area contributed by atoms with Crippen LogP contribution in [0.15, 0.2) is 53.6 Å². The first-order valence-corrected chi connectivity index (χ1v) is 7.71. The predicted octanol–water partition coefficient (Wildman–Crippen LogP) is 4.82. The summed E-state index contributed by atoms with van der Waals surface area (Å²) in [5, 5.41) is 11.1. The molecule has 4 nitrogen and oxygen atoms in total. The van der Waals surface area contributed by atoms with Crippen LogP contribution >= 0.6 is 12.2 Å². The highest BCUT2D eigenvalue weighted by molar-refractivity contribution is 7.71. The number of aromatic amines is 1. The van der Waals surface area contributed by atoms with Gasteiger partial charge in [-0.25, -0.2) is 5.10 Å². The van der Waals surface area contributed by atoms with E-state index < -0.39 is 11.7 Å². The lowest BCUT2D eigenvalue weighted by Crippen LogP contribution is -2.04. The second-order valence-corrected chi connectivity index (χ2v) is 5.78. The zero-order valence-corrected chi connectivity index (χ0v) is 13.9. The molecule has 0 bridgehead atoms. The van der Waals surface area contributed by atoms with Gasteiger partial charge in [0.15, 0.2) is 5.82 Å². The van der Waals surface area contributed by atoms with E-state index in [0.717, 1.165) is 23.3 Å². The van der Waals surface area contributed by atoms with Crippen molar-refractivity contribution in [3.63, 3.8) is 0 Å². The maximum atomic E-state index is 12.6. The van der Waals surface area contributed by atoms with Crippen LogP contribution in [-0.2, 0) is 6.18 Å². The van der Waals surface area contributed by atoms with Crippen molar-refractivity contribution in [2.75, 3.05) is 0 Å². The van der Waals surface area contributed by atoms with Crippen molar-refractivity contribution in [3.8, 4) is 11.4 Å². The van der Waals surface area contributed by atoms with Crippen molar-refractivity contribution in [1.82, 2.24) is 14.9 Å². The van der Waals surface area contributed by atoms with Gasteiger partial charge in [0, 0.05) is 5.56 Å². The number of halogens is 3. The van der Waals surface area contributed by atoms with Gasteiger partial charge in [0.1, 0.15) is 0 Å². The summed E-state index contributed by atoms with van der Waals surface area (Å²) in [6.45, 7) is 1.98. The fraction of sp³-hybridized carbons (Fsp3) is 0.118. The first-order valence-electron chi connectivity index (χ1n) is 7.31. The Labute approximate surface area is 146 Å². The number of aryl methyl sites for hydroxylation is 1. The number of benzene rings is 2. The highest BCUT2D eigenvalue weighted by Crippen LogP contribution is 2.28. The molecule has 8 heteroatoms. The molecule has 1 N–H and O–H groups in total. The summed E-state index contributed by atoms with van der Waals surface area (Å²) in [5.74, 6) is 0.521. The average molecular weight is 362 g/mol. The number of rotatable bonds is 3. The Hall–Kier alpha value is -2.74. The van der Waals surface area contributed by atoms with E-state index in [1.54, 1.807) is 0 Å². The number of aromatic nitrogens is 3. The van der Waals surface area contributed by atoms with Crippen LogP contribution in [0.5, 0.6) is 0 Å². The minimum Gasteiger partial charge on any atom is -0.250 e. The lowest BCUT2D eigenvalue weighted by molar-refractivity contribution is -0.137. The monoisotopic (exact) mass is 362 g/mol. The lowest BCUT2D eigenvalue weighted by atomic mass is 10.1. The van der Waals surface area contributed by atoms with Crippen LogP contribution in [0.1, 0.15) is 16.7 Å². The van der Waals surface area contributed by atoms with Gasteiger partial charge >= 0.3 is 6.18 Å². The molecule has 0 atom stereocenters. The number of H-pyrrole nitrogens is 1. The summed E-state index contributed by atoms with van der Waals surface area (Å²) in [6.07, 6.45) is -2.93. The topological polar surface area (TPSA) is 46.0 Å². The highest BCUT2D eigenvalue weighted by atomic mass is 32.1. The third kappa shape index (κ3) is 3.85. The Morgan fingerprint density at radius 1 is 1.08 bits per heavy atom. The van der Waals surface area contributed by atoms with E-state index in [9.17, 15) is 13.2 Å². The summed E-state index contributed by atoms with van der Waals surface area (Å²) in [7, 11) is 0. The summed E-state index contributed by atoms with van der Waals surface area (Å²) in [4.78, 5) is 0. The van der Waals surface area contributed by atoms with Crippen LogP contribution in [-0.4, -0.2) is 21.1 Å². The minimum absolute atomic E-state index is 0.290. The first kappa shape index (κ1) is 17.1. The van der Waals surface area contributed by atoms with Crippen LogP contribution in [0.25, 0.3) is 11.4 Å². The Balaban J connectivity index is 1.90. The summed E-state index contributed by atoms with van der Waals surface area (Å²) in [5.41, 5.74) is 1.75. The SMILES string of the molecule is Cc1ccc(-c2n[nH]c(=S)n2N=Cc2ccc(C(F)(F)F)cc2)cc1. The van der Waals surface area contributed by atoms with Crippen LogP contribution in [0.4, 0.5) is 13.2 Å². The molecule has 0 aliphatic carbocycles. The summed E-state index contributed by atoms with van der Waals surface area (Å²) >= 11 is 5.17.